The molecule has 0 heterocycles. The number of hydrogen-bond donors (Lipinski definition) is 10. The summed E-state index contributed by atoms with van der Waals surface area (Å²) in [6.45, 7) is 19.5. The fourth-order valence-corrected chi connectivity index (χ4v) is 6.90. The highest BCUT2D eigenvalue weighted by Crippen LogP contribution is 2.03. The van der Waals surface area contributed by atoms with E-state index >= 15 is 0 Å². The molecule has 0 radical (unpaired) electrons. The molecule has 0 bridgehead atoms. The third-order valence-corrected chi connectivity index (χ3v) is 11.5. The SMILES string of the molecule is CN(C)CCNCCNC(=O)CCN(CCC(=O)NCCNCCN(C)C)CCN(CCC(=O)NCCNCCN(C)C)CCN(CCC(=O)NCCNCCN(C)C)CCC(=O)NCCNCCN(C)C. The van der Waals surface area contributed by atoms with Gasteiger partial charge in [-0.15, -0.1) is 0 Å². The zero-order chi connectivity index (χ0) is 53.6. The van der Waals surface area contributed by atoms with E-state index in [2.05, 4.69) is 92.4 Å². The fraction of sp³-hybridized carbons (Fsp3) is 0.898. The maximum Gasteiger partial charge on any atom is 0.221 e. The number of carbonyl (C=O) groups excluding carboxylic acids is 5. The second-order valence-corrected chi connectivity index (χ2v) is 19.8. The Morgan fingerprint density at radius 1 is 0.222 bits per heavy atom. The minimum Gasteiger partial charge on any atom is -0.355 e. The predicted octanol–water partition coefficient (Wildman–Crippen LogP) is -4.82. The Hall–Kier alpha value is -3.17. The molecule has 5 amide bonds. The van der Waals surface area contributed by atoms with E-state index < -0.39 is 0 Å². The highest BCUT2D eigenvalue weighted by Gasteiger charge is 2.17. The third kappa shape index (κ3) is 49.1. The Balaban J connectivity index is 5.99. The van der Waals surface area contributed by atoms with Crippen molar-refractivity contribution in [1.82, 2.24) is 92.4 Å². The van der Waals surface area contributed by atoms with Crippen molar-refractivity contribution in [2.45, 2.75) is 32.1 Å². The zero-order valence-corrected chi connectivity index (χ0v) is 47.2. The number of amides is 5. The summed E-state index contributed by atoms with van der Waals surface area (Å²) in [7, 11) is 20.3. The van der Waals surface area contributed by atoms with Gasteiger partial charge in [0.25, 0.3) is 0 Å². The van der Waals surface area contributed by atoms with Gasteiger partial charge in [0.05, 0.1) is 0 Å². The summed E-state index contributed by atoms with van der Waals surface area (Å²) in [6.07, 6.45) is 1.45. The van der Waals surface area contributed by atoms with E-state index in [9.17, 15) is 24.0 Å². The van der Waals surface area contributed by atoms with Crippen LogP contribution in [0.2, 0.25) is 0 Å². The normalized spacial score (nSPS) is 11.9. The first-order valence-corrected chi connectivity index (χ1v) is 26.7. The molecule has 0 aliphatic carbocycles. The van der Waals surface area contributed by atoms with Crippen molar-refractivity contribution in [2.24, 2.45) is 0 Å². The lowest BCUT2D eigenvalue weighted by molar-refractivity contribution is -0.123. The van der Waals surface area contributed by atoms with E-state index in [1.54, 1.807) is 0 Å². The molecule has 0 aromatic rings. The van der Waals surface area contributed by atoms with Crippen LogP contribution in [0, 0.1) is 0 Å². The molecule has 0 saturated carbocycles. The molecule has 0 aromatic heterocycles. The first-order valence-electron chi connectivity index (χ1n) is 26.7. The zero-order valence-electron chi connectivity index (χ0n) is 47.2. The van der Waals surface area contributed by atoms with Crippen LogP contribution in [0.15, 0.2) is 0 Å². The second-order valence-electron chi connectivity index (χ2n) is 19.8. The van der Waals surface area contributed by atoms with Crippen LogP contribution in [0.5, 0.6) is 0 Å². The molecular formula is C49H108N18O5. The lowest BCUT2D eigenvalue weighted by atomic mass is 10.2. The molecule has 0 rings (SSSR count). The summed E-state index contributed by atoms with van der Waals surface area (Å²) >= 11 is 0. The van der Waals surface area contributed by atoms with Gasteiger partial charge in [-0.05, 0) is 70.5 Å². The van der Waals surface area contributed by atoms with Gasteiger partial charge in [0.15, 0.2) is 0 Å². The van der Waals surface area contributed by atoms with E-state index in [0.29, 0.717) is 131 Å². The number of rotatable bonds is 51. The Morgan fingerprint density at radius 2 is 0.389 bits per heavy atom. The minimum absolute atomic E-state index is 0.0374. The van der Waals surface area contributed by atoms with Gasteiger partial charge in [-0.25, -0.2) is 0 Å². The first-order chi connectivity index (χ1) is 34.5. The van der Waals surface area contributed by atoms with Gasteiger partial charge >= 0.3 is 0 Å². The number of carbonyl (C=O) groups is 5. The van der Waals surface area contributed by atoms with Crippen molar-refractivity contribution in [1.29, 1.82) is 0 Å². The standard InChI is InChI=1S/C49H108N18O5/c1-60(2)36-26-50-16-21-55-45(68)11-31-65(32-12-46(69)56-22-17-51-27-37-61(3)4)41-43-67(35-15-49(72)59-25-20-54-30-40-64(9)10)44-42-66(33-13-47(70)57-23-18-52-28-38-62(5)6)34-14-48(71)58-24-19-53-29-39-63(7)8/h50-54H,11-44H2,1-10H3,(H,55,68)(H,56,69)(H,57,70)(H,58,71)(H,59,72). The van der Waals surface area contributed by atoms with Crippen molar-refractivity contribution in [2.75, 3.05) is 260 Å². The van der Waals surface area contributed by atoms with Crippen LogP contribution in [-0.2, 0) is 24.0 Å². The van der Waals surface area contributed by atoms with Gasteiger partial charge in [0.2, 0.25) is 29.5 Å². The summed E-state index contributed by atoms with van der Waals surface area (Å²) in [5.74, 6) is -0.214. The predicted molar refractivity (Wildman–Crippen MR) is 295 cm³/mol. The summed E-state index contributed by atoms with van der Waals surface area (Å²) in [6, 6.07) is 0. The second kappa shape index (κ2) is 47.5. The number of nitrogens with zero attached hydrogens (tertiary/aromatic N) is 8. The lowest BCUT2D eigenvalue weighted by Gasteiger charge is -2.30. The largest absolute Gasteiger partial charge is 0.355 e. The molecule has 23 heteroatoms. The van der Waals surface area contributed by atoms with Crippen LogP contribution in [0.4, 0.5) is 0 Å². The fourth-order valence-electron chi connectivity index (χ4n) is 6.90. The summed E-state index contributed by atoms with van der Waals surface area (Å²) < 4.78 is 0. The minimum atomic E-state index is -0.0442. The van der Waals surface area contributed by atoms with Gasteiger partial charge in [-0.2, -0.15) is 0 Å². The molecule has 0 fully saturated rings. The Bertz CT molecular complexity index is 1200. The van der Waals surface area contributed by atoms with Crippen LogP contribution in [-0.4, -0.2) is 329 Å². The Labute approximate surface area is 437 Å². The average molecular weight is 1030 g/mol. The molecule has 0 saturated heterocycles. The molecule has 0 aliphatic rings. The molecule has 23 nitrogen and oxygen atoms in total. The molecule has 0 atom stereocenters. The molecule has 0 aromatic carbocycles. The van der Waals surface area contributed by atoms with Crippen molar-refractivity contribution < 1.29 is 24.0 Å². The van der Waals surface area contributed by atoms with E-state index in [1.807, 2.05) is 70.5 Å². The molecule has 0 unspecified atom stereocenters. The van der Waals surface area contributed by atoms with Gasteiger partial charge in [0.1, 0.15) is 0 Å². The number of likely N-dealkylation sites (N-methyl/N-ethyl adjacent to an activating group) is 5. The van der Waals surface area contributed by atoms with Gasteiger partial charge in [0, 0.05) is 222 Å². The van der Waals surface area contributed by atoms with Crippen LogP contribution in [0.25, 0.3) is 0 Å². The van der Waals surface area contributed by atoms with E-state index in [-0.39, 0.29) is 55.2 Å². The van der Waals surface area contributed by atoms with Crippen molar-refractivity contribution in [3.63, 3.8) is 0 Å². The Kier molecular flexibility index (Phi) is 45.4. The van der Waals surface area contributed by atoms with Crippen molar-refractivity contribution in [3.05, 3.63) is 0 Å². The molecule has 0 aliphatic heterocycles. The maximum absolute atomic E-state index is 13.2. The van der Waals surface area contributed by atoms with Crippen LogP contribution in [0.1, 0.15) is 32.1 Å². The first kappa shape index (κ1) is 68.8. The molecular weight excluding hydrogens is 921 g/mol. The van der Waals surface area contributed by atoms with Gasteiger partial charge in [-0.1, -0.05) is 0 Å². The van der Waals surface area contributed by atoms with Crippen molar-refractivity contribution >= 4 is 29.5 Å². The summed E-state index contributed by atoms with van der Waals surface area (Å²) in [5.41, 5.74) is 0. The van der Waals surface area contributed by atoms with E-state index in [0.717, 1.165) is 65.4 Å². The Morgan fingerprint density at radius 3 is 0.556 bits per heavy atom. The van der Waals surface area contributed by atoms with Crippen LogP contribution in [0.3, 0.4) is 0 Å². The molecule has 72 heavy (non-hydrogen) atoms. The number of hydrogen-bond acceptors (Lipinski definition) is 18. The summed E-state index contributed by atoms with van der Waals surface area (Å²) in [5, 5.41) is 31.9. The van der Waals surface area contributed by atoms with E-state index in [1.165, 1.54) is 0 Å². The van der Waals surface area contributed by atoms with Crippen LogP contribution >= 0.6 is 0 Å². The van der Waals surface area contributed by atoms with Gasteiger partial charge < -0.3 is 92.4 Å². The smallest absolute Gasteiger partial charge is 0.221 e. The lowest BCUT2D eigenvalue weighted by Crippen LogP contribution is -2.44. The summed E-state index contributed by atoms with van der Waals surface area (Å²) in [4.78, 5) is 82.4. The highest BCUT2D eigenvalue weighted by molar-refractivity contribution is 5.77. The highest BCUT2D eigenvalue weighted by atomic mass is 16.2. The molecule has 424 valence electrons. The van der Waals surface area contributed by atoms with E-state index in [4.69, 9.17) is 0 Å². The van der Waals surface area contributed by atoms with Gasteiger partial charge in [-0.3, -0.25) is 24.0 Å². The molecule has 0 spiro atoms. The third-order valence-electron chi connectivity index (χ3n) is 11.5. The monoisotopic (exact) mass is 1030 g/mol. The quantitative estimate of drug-likeness (QED) is 0.0258. The molecule has 10 N–H and O–H groups in total. The average Bonchev–Trinajstić information content (AvgIpc) is 3.32. The van der Waals surface area contributed by atoms with Crippen molar-refractivity contribution in [3.8, 4) is 0 Å². The number of nitrogens with one attached hydrogen (secondary N) is 10. The maximum atomic E-state index is 13.2. The topological polar surface area (TPSA) is 232 Å². The van der Waals surface area contributed by atoms with Crippen LogP contribution < -0.4 is 53.2 Å².